The van der Waals surface area contributed by atoms with Crippen molar-refractivity contribution in [2.24, 2.45) is 5.84 Å². The third-order valence-electron chi connectivity index (χ3n) is 3.46. The van der Waals surface area contributed by atoms with Crippen molar-refractivity contribution in [1.82, 2.24) is 15.2 Å². The molecule has 2 aromatic carbocycles. The standard InChI is InChI=1S/C17H16N4O2/c1-23-14-9-7-13(8-10-14)21-16(12-5-3-2-4-6-12)11-15(20-21)17(22)19-18/h2-11H,18H2,1H3,(H,19,22). The summed E-state index contributed by atoms with van der Waals surface area (Å²) in [5.41, 5.74) is 4.93. The number of carbonyl (C=O) groups excluding carboxylic acids is 1. The molecule has 1 amide bonds. The fourth-order valence-electron chi connectivity index (χ4n) is 2.30. The Bertz CT molecular complexity index is 810. The van der Waals surface area contributed by atoms with Crippen molar-refractivity contribution in [2.75, 3.05) is 7.11 Å². The van der Waals surface area contributed by atoms with Crippen LogP contribution in [0.1, 0.15) is 10.5 Å². The second-order valence-electron chi connectivity index (χ2n) is 4.86. The predicted molar refractivity (Wildman–Crippen MR) is 87.2 cm³/mol. The molecule has 0 aliphatic carbocycles. The van der Waals surface area contributed by atoms with Gasteiger partial charge >= 0.3 is 0 Å². The second-order valence-corrected chi connectivity index (χ2v) is 4.86. The molecule has 0 saturated heterocycles. The number of aromatic nitrogens is 2. The van der Waals surface area contributed by atoms with Crippen LogP contribution in [0.25, 0.3) is 16.9 Å². The number of amides is 1. The van der Waals surface area contributed by atoms with Crippen LogP contribution in [0.5, 0.6) is 5.75 Å². The molecule has 3 aromatic rings. The molecule has 23 heavy (non-hydrogen) atoms. The van der Waals surface area contributed by atoms with Crippen LogP contribution in [-0.2, 0) is 0 Å². The summed E-state index contributed by atoms with van der Waals surface area (Å²) in [5, 5.41) is 4.37. The van der Waals surface area contributed by atoms with Gasteiger partial charge in [0.25, 0.3) is 5.91 Å². The van der Waals surface area contributed by atoms with Crippen LogP contribution in [-0.4, -0.2) is 22.8 Å². The van der Waals surface area contributed by atoms with E-state index in [4.69, 9.17) is 10.6 Å². The van der Waals surface area contributed by atoms with Crippen LogP contribution in [0.3, 0.4) is 0 Å². The molecule has 1 aromatic heterocycles. The fraction of sp³-hybridized carbons (Fsp3) is 0.0588. The summed E-state index contributed by atoms with van der Waals surface area (Å²) in [6, 6.07) is 18.9. The molecule has 0 aliphatic rings. The van der Waals surface area contributed by atoms with Crippen LogP contribution < -0.4 is 16.0 Å². The quantitative estimate of drug-likeness (QED) is 0.439. The Morgan fingerprint density at radius 2 is 1.83 bits per heavy atom. The Balaban J connectivity index is 2.13. The van der Waals surface area contributed by atoms with Gasteiger partial charge in [-0.25, -0.2) is 10.5 Å². The first-order chi connectivity index (χ1) is 11.2. The molecule has 0 atom stereocenters. The maximum Gasteiger partial charge on any atom is 0.285 e. The van der Waals surface area contributed by atoms with Crippen molar-refractivity contribution in [3.8, 4) is 22.7 Å². The van der Waals surface area contributed by atoms with Crippen LogP contribution >= 0.6 is 0 Å². The number of ether oxygens (including phenoxy) is 1. The third kappa shape index (κ3) is 2.93. The molecule has 0 bridgehead atoms. The number of nitrogens with one attached hydrogen (secondary N) is 1. The minimum Gasteiger partial charge on any atom is -0.497 e. The number of nitrogens with two attached hydrogens (primary N) is 1. The fourth-order valence-corrected chi connectivity index (χ4v) is 2.30. The number of hydrogen-bond acceptors (Lipinski definition) is 4. The predicted octanol–water partition coefficient (Wildman–Crippen LogP) is 2.15. The molecule has 1 heterocycles. The zero-order valence-electron chi connectivity index (χ0n) is 12.6. The number of benzene rings is 2. The summed E-state index contributed by atoms with van der Waals surface area (Å²) >= 11 is 0. The lowest BCUT2D eigenvalue weighted by atomic mass is 10.1. The number of nitrogens with zero attached hydrogens (tertiary/aromatic N) is 2. The maximum absolute atomic E-state index is 11.8. The average molecular weight is 308 g/mol. The molecule has 0 unspecified atom stereocenters. The summed E-state index contributed by atoms with van der Waals surface area (Å²) in [7, 11) is 1.61. The lowest BCUT2D eigenvalue weighted by Crippen LogP contribution is -2.30. The van der Waals surface area contributed by atoms with E-state index in [0.717, 1.165) is 22.7 Å². The second kappa shape index (κ2) is 6.33. The summed E-state index contributed by atoms with van der Waals surface area (Å²) < 4.78 is 6.88. The van der Waals surface area contributed by atoms with Gasteiger partial charge in [-0.2, -0.15) is 5.10 Å². The smallest absolute Gasteiger partial charge is 0.285 e. The summed E-state index contributed by atoms with van der Waals surface area (Å²) in [6.45, 7) is 0. The topological polar surface area (TPSA) is 82.2 Å². The molecule has 6 nitrogen and oxygen atoms in total. The van der Waals surface area contributed by atoms with Gasteiger partial charge in [-0.3, -0.25) is 10.2 Å². The zero-order chi connectivity index (χ0) is 16.2. The van der Waals surface area contributed by atoms with Crippen molar-refractivity contribution in [3.63, 3.8) is 0 Å². The van der Waals surface area contributed by atoms with Crippen molar-refractivity contribution >= 4 is 5.91 Å². The lowest BCUT2D eigenvalue weighted by Gasteiger charge is -2.08. The Kier molecular flexibility index (Phi) is 4.07. The van der Waals surface area contributed by atoms with E-state index in [1.807, 2.05) is 54.6 Å². The van der Waals surface area contributed by atoms with E-state index in [-0.39, 0.29) is 5.69 Å². The van der Waals surface area contributed by atoms with Gasteiger partial charge in [-0.15, -0.1) is 0 Å². The van der Waals surface area contributed by atoms with Gasteiger partial charge in [0.2, 0.25) is 0 Å². The molecule has 116 valence electrons. The maximum atomic E-state index is 11.8. The van der Waals surface area contributed by atoms with Gasteiger partial charge in [0, 0.05) is 5.56 Å². The van der Waals surface area contributed by atoms with E-state index in [1.54, 1.807) is 17.9 Å². The molecule has 6 heteroatoms. The molecular formula is C17H16N4O2. The highest BCUT2D eigenvalue weighted by Gasteiger charge is 2.15. The van der Waals surface area contributed by atoms with Crippen LogP contribution in [0.15, 0.2) is 60.7 Å². The summed E-state index contributed by atoms with van der Waals surface area (Å²) in [6.07, 6.45) is 0. The lowest BCUT2D eigenvalue weighted by molar-refractivity contribution is 0.0948. The molecule has 0 aliphatic heterocycles. The van der Waals surface area contributed by atoms with Crippen LogP contribution in [0, 0.1) is 0 Å². The first-order valence-electron chi connectivity index (χ1n) is 7.04. The van der Waals surface area contributed by atoms with Crippen LogP contribution in [0.4, 0.5) is 0 Å². The van der Waals surface area contributed by atoms with E-state index in [0.29, 0.717) is 0 Å². The Morgan fingerprint density at radius 1 is 1.13 bits per heavy atom. The highest BCUT2D eigenvalue weighted by molar-refractivity contribution is 5.93. The third-order valence-corrected chi connectivity index (χ3v) is 3.46. The molecule has 3 N–H and O–H groups in total. The highest BCUT2D eigenvalue weighted by Crippen LogP contribution is 2.25. The van der Waals surface area contributed by atoms with Gasteiger partial charge in [-0.1, -0.05) is 30.3 Å². The molecule has 0 radical (unpaired) electrons. The minimum absolute atomic E-state index is 0.252. The van der Waals surface area contributed by atoms with Gasteiger partial charge in [-0.05, 0) is 30.3 Å². The number of hydrogen-bond donors (Lipinski definition) is 2. The SMILES string of the molecule is COc1ccc(-n2nc(C(=O)NN)cc2-c2ccccc2)cc1. The summed E-state index contributed by atoms with van der Waals surface area (Å²) in [4.78, 5) is 11.8. The summed E-state index contributed by atoms with van der Waals surface area (Å²) in [5.74, 6) is 5.53. The number of methoxy groups -OCH3 is 1. The first-order valence-corrected chi connectivity index (χ1v) is 7.04. The normalized spacial score (nSPS) is 10.3. The first kappa shape index (κ1) is 14.8. The van der Waals surface area contributed by atoms with Gasteiger partial charge in [0.1, 0.15) is 5.75 Å². The number of hydrazine groups is 1. The van der Waals surface area contributed by atoms with Crippen molar-refractivity contribution < 1.29 is 9.53 Å². The Morgan fingerprint density at radius 3 is 2.43 bits per heavy atom. The molecule has 0 saturated carbocycles. The van der Waals surface area contributed by atoms with E-state index in [2.05, 4.69) is 10.5 Å². The van der Waals surface area contributed by atoms with Crippen LogP contribution in [0.2, 0.25) is 0 Å². The number of nitrogen functional groups attached to an aromatic ring is 1. The van der Waals surface area contributed by atoms with Crippen molar-refractivity contribution in [2.45, 2.75) is 0 Å². The molecule has 0 spiro atoms. The van der Waals surface area contributed by atoms with E-state index >= 15 is 0 Å². The van der Waals surface area contributed by atoms with Gasteiger partial charge in [0.05, 0.1) is 18.5 Å². The zero-order valence-corrected chi connectivity index (χ0v) is 12.6. The molecule has 3 rings (SSSR count). The van der Waals surface area contributed by atoms with E-state index in [9.17, 15) is 4.79 Å². The Hall–Kier alpha value is -3.12. The monoisotopic (exact) mass is 308 g/mol. The van der Waals surface area contributed by atoms with E-state index in [1.165, 1.54) is 0 Å². The molecular weight excluding hydrogens is 292 g/mol. The van der Waals surface area contributed by atoms with Crippen molar-refractivity contribution in [3.05, 3.63) is 66.4 Å². The largest absolute Gasteiger partial charge is 0.497 e. The molecule has 0 fully saturated rings. The average Bonchev–Trinajstić information content (AvgIpc) is 3.07. The number of carbonyl (C=O) groups is 1. The minimum atomic E-state index is -0.436. The van der Waals surface area contributed by atoms with E-state index < -0.39 is 5.91 Å². The van der Waals surface area contributed by atoms with Gasteiger partial charge < -0.3 is 4.74 Å². The highest BCUT2D eigenvalue weighted by atomic mass is 16.5. The number of rotatable bonds is 4. The van der Waals surface area contributed by atoms with Crippen molar-refractivity contribution in [1.29, 1.82) is 0 Å². The van der Waals surface area contributed by atoms with Gasteiger partial charge in [0.15, 0.2) is 5.69 Å². The Labute approximate surface area is 133 Å².